The third kappa shape index (κ3) is 2.14. The molecule has 0 aliphatic carbocycles. The lowest BCUT2D eigenvalue weighted by molar-refractivity contribution is 0.341. The van der Waals surface area contributed by atoms with E-state index in [1.165, 1.54) is 15.9 Å². The van der Waals surface area contributed by atoms with Crippen LogP contribution in [0.4, 0.5) is 0 Å². The number of aromatic nitrogens is 3. The van der Waals surface area contributed by atoms with Gasteiger partial charge in [0, 0.05) is 5.39 Å². The minimum atomic E-state index is -0.308. The van der Waals surface area contributed by atoms with E-state index < -0.39 is 0 Å². The molecule has 6 nitrogen and oxygen atoms in total. The molecule has 7 heteroatoms. The normalized spacial score (nSPS) is 11.6. The Labute approximate surface area is 151 Å². The van der Waals surface area contributed by atoms with Gasteiger partial charge in [-0.2, -0.15) is 9.61 Å². The number of ether oxygens (including phenoxy) is 1. The highest BCUT2D eigenvalue weighted by Gasteiger charge is 2.18. The molecule has 0 saturated carbocycles. The lowest BCUT2D eigenvalue weighted by atomic mass is 10.2. The summed E-state index contributed by atoms with van der Waals surface area (Å²) in [5.41, 5.74) is 1.97. The number of furan rings is 1. The zero-order valence-electron chi connectivity index (χ0n) is 13.8. The predicted molar refractivity (Wildman–Crippen MR) is 101 cm³/mol. The van der Waals surface area contributed by atoms with Crippen molar-refractivity contribution in [3.63, 3.8) is 0 Å². The van der Waals surface area contributed by atoms with E-state index >= 15 is 0 Å². The third-order valence-electron chi connectivity index (χ3n) is 4.14. The topological polar surface area (TPSA) is 69.6 Å². The molecule has 0 bridgehead atoms. The molecule has 128 valence electrons. The third-order valence-corrected chi connectivity index (χ3v) is 5.08. The van der Waals surface area contributed by atoms with Gasteiger partial charge in [-0.15, -0.1) is 0 Å². The molecule has 2 aromatic carbocycles. The van der Waals surface area contributed by atoms with Gasteiger partial charge < -0.3 is 9.15 Å². The van der Waals surface area contributed by atoms with Gasteiger partial charge in [-0.25, -0.2) is 4.98 Å². The first-order chi connectivity index (χ1) is 12.8. The summed E-state index contributed by atoms with van der Waals surface area (Å²) in [6, 6.07) is 15.1. The maximum Gasteiger partial charge on any atom is 0.318 e. The van der Waals surface area contributed by atoms with E-state index in [9.17, 15) is 4.79 Å². The molecule has 0 spiro atoms. The van der Waals surface area contributed by atoms with Crippen molar-refractivity contribution in [1.82, 2.24) is 14.6 Å². The summed E-state index contributed by atoms with van der Waals surface area (Å²) in [4.78, 5) is 18.0. The molecular weight excluding hydrogens is 350 g/mol. The average molecular weight is 363 g/mol. The Morgan fingerprint density at radius 1 is 1.15 bits per heavy atom. The van der Waals surface area contributed by atoms with Crippen molar-refractivity contribution >= 4 is 38.4 Å². The van der Waals surface area contributed by atoms with Crippen molar-refractivity contribution in [2.24, 2.45) is 0 Å². The van der Waals surface area contributed by atoms with E-state index in [4.69, 9.17) is 9.15 Å². The maximum atomic E-state index is 12.9. The van der Waals surface area contributed by atoms with Gasteiger partial charge in [0.25, 0.3) is 0 Å². The molecule has 26 heavy (non-hydrogen) atoms. The standard InChI is InChI=1S/C19H13N3O3S/c1-2-24-13-9-5-4-8-12(13)17-21-22-18(23)16-15(20-19(22)26-17)11-7-3-6-10-14(11)25-16/h3-10H,2H2,1H3. The highest BCUT2D eigenvalue weighted by atomic mass is 32.1. The van der Waals surface area contributed by atoms with E-state index in [1.807, 2.05) is 55.5 Å². The van der Waals surface area contributed by atoms with E-state index in [0.717, 1.165) is 16.7 Å². The Morgan fingerprint density at radius 2 is 1.96 bits per heavy atom. The predicted octanol–water partition coefficient (Wildman–Crippen LogP) is 4.12. The fourth-order valence-electron chi connectivity index (χ4n) is 3.00. The minimum absolute atomic E-state index is 0.221. The van der Waals surface area contributed by atoms with Crippen molar-refractivity contribution in [1.29, 1.82) is 0 Å². The van der Waals surface area contributed by atoms with Crippen molar-refractivity contribution in [2.75, 3.05) is 6.61 Å². The fourth-order valence-corrected chi connectivity index (χ4v) is 3.92. The quantitative estimate of drug-likeness (QED) is 0.482. The smallest absolute Gasteiger partial charge is 0.318 e. The summed E-state index contributed by atoms with van der Waals surface area (Å²) >= 11 is 1.35. The monoisotopic (exact) mass is 363 g/mol. The molecule has 0 aliphatic heterocycles. The zero-order valence-corrected chi connectivity index (χ0v) is 14.6. The SMILES string of the molecule is CCOc1ccccc1-c1nn2c(=O)c3oc4ccccc4c3nc2s1. The van der Waals surface area contributed by atoms with E-state index in [1.54, 1.807) is 0 Å². The molecule has 0 radical (unpaired) electrons. The first-order valence-electron chi connectivity index (χ1n) is 8.19. The number of benzene rings is 2. The van der Waals surface area contributed by atoms with Gasteiger partial charge in [-0.1, -0.05) is 35.6 Å². The molecule has 0 saturated heterocycles. The van der Waals surface area contributed by atoms with E-state index in [-0.39, 0.29) is 11.1 Å². The average Bonchev–Trinajstić information content (AvgIpc) is 3.25. The van der Waals surface area contributed by atoms with Gasteiger partial charge in [-0.05, 0) is 31.2 Å². The second-order valence-electron chi connectivity index (χ2n) is 5.72. The molecule has 0 amide bonds. The summed E-state index contributed by atoms with van der Waals surface area (Å²) in [5, 5.41) is 5.97. The van der Waals surface area contributed by atoms with Crippen LogP contribution >= 0.6 is 11.3 Å². The molecule has 0 atom stereocenters. The Balaban J connectivity index is 1.80. The summed E-state index contributed by atoms with van der Waals surface area (Å²) in [7, 11) is 0. The van der Waals surface area contributed by atoms with Gasteiger partial charge in [0.1, 0.15) is 16.8 Å². The molecule has 3 aromatic heterocycles. The molecule has 0 unspecified atom stereocenters. The zero-order chi connectivity index (χ0) is 17.7. The number of hydrogen-bond acceptors (Lipinski definition) is 6. The minimum Gasteiger partial charge on any atom is -0.493 e. The van der Waals surface area contributed by atoms with Gasteiger partial charge in [0.15, 0.2) is 5.01 Å². The van der Waals surface area contributed by atoms with Gasteiger partial charge >= 0.3 is 5.56 Å². The molecule has 0 fully saturated rings. The van der Waals surface area contributed by atoms with Crippen LogP contribution in [0.15, 0.2) is 57.7 Å². The van der Waals surface area contributed by atoms with E-state index in [0.29, 0.717) is 27.7 Å². The van der Waals surface area contributed by atoms with Crippen LogP contribution in [0, 0.1) is 0 Å². The second-order valence-corrected chi connectivity index (χ2v) is 6.68. The van der Waals surface area contributed by atoms with Crippen LogP contribution in [0.1, 0.15) is 6.92 Å². The largest absolute Gasteiger partial charge is 0.493 e. The van der Waals surface area contributed by atoms with Crippen LogP contribution in [-0.4, -0.2) is 21.2 Å². The Kier molecular flexibility index (Phi) is 3.29. The van der Waals surface area contributed by atoms with E-state index in [2.05, 4.69) is 10.1 Å². The van der Waals surface area contributed by atoms with Crippen LogP contribution in [0.3, 0.4) is 0 Å². The number of para-hydroxylation sites is 2. The first kappa shape index (κ1) is 15.1. The number of hydrogen-bond donors (Lipinski definition) is 0. The number of rotatable bonds is 3. The highest BCUT2D eigenvalue weighted by Crippen LogP contribution is 2.33. The molecule has 0 aliphatic rings. The van der Waals surface area contributed by atoms with Crippen LogP contribution in [0.25, 0.3) is 37.6 Å². The van der Waals surface area contributed by atoms with Crippen LogP contribution in [-0.2, 0) is 0 Å². The van der Waals surface area contributed by atoms with Crippen molar-refractivity contribution < 1.29 is 9.15 Å². The molecule has 5 rings (SSSR count). The molecular formula is C19H13N3O3S. The lowest BCUT2D eigenvalue weighted by Crippen LogP contribution is -2.14. The number of nitrogens with zero attached hydrogens (tertiary/aromatic N) is 3. The Morgan fingerprint density at radius 3 is 2.85 bits per heavy atom. The summed E-state index contributed by atoms with van der Waals surface area (Å²) in [5.74, 6) is 0.733. The highest BCUT2D eigenvalue weighted by molar-refractivity contribution is 7.19. The fraction of sp³-hybridized carbons (Fsp3) is 0.105. The lowest BCUT2D eigenvalue weighted by Gasteiger charge is -2.06. The van der Waals surface area contributed by atoms with Gasteiger partial charge in [0.2, 0.25) is 10.5 Å². The first-order valence-corrected chi connectivity index (χ1v) is 9.01. The van der Waals surface area contributed by atoms with Gasteiger partial charge in [-0.3, -0.25) is 4.79 Å². The summed E-state index contributed by atoms with van der Waals surface area (Å²) in [6.07, 6.45) is 0. The Hall–Kier alpha value is -3.19. The molecule has 5 aromatic rings. The molecule has 3 heterocycles. The van der Waals surface area contributed by atoms with Crippen molar-refractivity contribution in [3.05, 3.63) is 58.9 Å². The number of fused-ring (bicyclic) bond motifs is 4. The Bertz CT molecular complexity index is 1330. The summed E-state index contributed by atoms with van der Waals surface area (Å²) < 4.78 is 12.7. The van der Waals surface area contributed by atoms with Crippen LogP contribution in [0.2, 0.25) is 0 Å². The second kappa shape index (κ2) is 5.67. The summed E-state index contributed by atoms with van der Waals surface area (Å²) in [6.45, 7) is 2.49. The van der Waals surface area contributed by atoms with Gasteiger partial charge in [0.05, 0.1) is 12.2 Å². The maximum absolute atomic E-state index is 12.9. The molecule has 0 N–H and O–H groups in total. The van der Waals surface area contributed by atoms with Crippen LogP contribution < -0.4 is 10.3 Å². The van der Waals surface area contributed by atoms with Crippen LogP contribution in [0.5, 0.6) is 5.75 Å². The van der Waals surface area contributed by atoms with Crippen molar-refractivity contribution in [3.8, 4) is 16.3 Å². The van der Waals surface area contributed by atoms with Crippen molar-refractivity contribution in [2.45, 2.75) is 6.92 Å².